The van der Waals surface area contributed by atoms with Crippen molar-refractivity contribution in [1.29, 1.82) is 0 Å². The Bertz CT molecular complexity index is 299. The van der Waals surface area contributed by atoms with Gasteiger partial charge in [0.1, 0.15) is 0 Å². The van der Waals surface area contributed by atoms with Crippen molar-refractivity contribution in [2.75, 3.05) is 26.7 Å². The van der Waals surface area contributed by atoms with Crippen LogP contribution >= 0.6 is 0 Å². The first-order valence-corrected chi connectivity index (χ1v) is 7.14. The summed E-state index contributed by atoms with van der Waals surface area (Å²) in [6.07, 6.45) is 4.50. The van der Waals surface area contributed by atoms with Gasteiger partial charge in [-0.1, -0.05) is 6.92 Å². The molecule has 0 bridgehead atoms. The molecule has 19 heavy (non-hydrogen) atoms. The highest BCUT2D eigenvalue weighted by atomic mass is 16.5. The van der Waals surface area contributed by atoms with E-state index in [0.29, 0.717) is 12.6 Å². The predicted octanol–water partition coefficient (Wildman–Crippen LogP) is 1.18. The summed E-state index contributed by atoms with van der Waals surface area (Å²) >= 11 is 0. The number of ether oxygens (including phenoxy) is 1. The van der Waals surface area contributed by atoms with Gasteiger partial charge in [0.25, 0.3) is 0 Å². The second-order valence-electron chi connectivity index (χ2n) is 5.50. The van der Waals surface area contributed by atoms with Crippen LogP contribution in [0.2, 0.25) is 0 Å². The third kappa shape index (κ3) is 6.57. The van der Waals surface area contributed by atoms with E-state index in [1.165, 1.54) is 12.8 Å². The Kier molecular flexibility index (Phi) is 6.84. The first kappa shape index (κ1) is 16.0. The van der Waals surface area contributed by atoms with Crippen LogP contribution in [-0.4, -0.2) is 49.6 Å². The van der Waals surface area contributed by atoms with E-state index in [-0.39, 0.29) is 25.0 Å². The highest BCUT2D eigenvalue weighted by Gasteiger charge is 2.20. The monoisotopic (exact) mass is 270 g/mol. The molecule has 0 spiro atoms. The molecule has 5 heteroatoms. The van der Waals surface area contributed by atoms with E-state index in [2.05, 4.69) is 12.2 Å². The van der Waals surface area contributed by atoms with Gasteiger partial charge >= 0.3 is 5.97 Å². The first-order chi connectivity index (χ1) is 9.01. The molecule has 110 valence electrons. The van der Waals surface area contributed by atoms with Gasteiger partial charge in [-0.05, 0) is 45.6 Å². The molecule has 0 aromatic heterocycles. The molecule has 0 saturated heterocycles. The lowest BCUT2D eigenvalue weighted by Crippen LogP contribution is -2.43. The van der Waals surface area contributed by atoms with Crippen molar-refractivity contribution in [2.45, 2.75) is 45.6 Å². The van der Waals surface area contributed by atoms with Crippen LogP contribution in [0.25, 0.3) is 0 Å². The predicted molar refractivity (Wildman–Crippen MR) is 73.7 cm³/mol. The molecule has 0 aromatic rings. The first-order valence-electron chi connectivity index (χ1n) is 7.14. The number of nitrogens with zero attached hydrogens (tertiary/aromatic N) is 1. The third-order valence-electron chi connectivity index (χ3n) is 3.50. The molecular weight excluding hydrogens is 244 g/mol. The molecule has 0 heterocycles. The zero-order valence-electron chi connectivity index (χ0n) is 12.3. The lowest BCUT2D eigenvalue weighted by Gasteiger charge is -2.27. The number of rotatable bonds is 6. The maximum atomic E-state index is 11.8. The lowest BCUT2D eigenvalue weighted by molar-refractivity contribution is -0.144. The number of hydrogen-bond donors (Lipinski definition) is 1. The molecule has 0 aromatic carbocycles. The van der Waals surface area contributed by atoms with E-state index >= 15 is 0 Å². The fourth-order valence-corrected chi connectivity index (χ4v) is 2.41. The van der Waals surface area contributed by atoms with Gasteiger partial charge in [0.05, 0.1) is 19.7 Å². The SMILES string of the molecule is CCOC(=O)CN(C)CC(=O)NC1CCC(C)CC1. The summed E-state index contributed by atoms with van der Waals surface area (Å²) < 4.78 is 4.84. The van der Waals surface area contributed by atoms with Gasteiger partial charge in [-0.3, -0.25) is 14.5 Å². The number of esters is 1. The number of carbonyl (C=O) groups excluding carboxylic acids is 2. The van der Waals surface area contributed by atoms with Crippen molar-refractivity contribution < 1.29 is 14.3 Å². The van der Waals surface area contributed by atoms with Crippen LogP contribution in [-0.2, 0) is 14.3 Å². The Balaban J connectivity index is 2.21. The molecule has 1 saturated carbocycles. The van der Waals surface area contributed by atoms with Crippen LogP contribution in [0, 0.1) is 5.92 Å². The highest BCUT2D eigenvalue weighted by Crippen LogP contribution is 2.23. The van der Waals surface area contributed by atoms with Gasteiger partial charge in [-0.25, -0.2) is 0 Å². The van der Waals surface area contributed by atoms with Crippen LogP contribution in [0.15, 0.2) is 0 Å². The number of amides is 1. The molecule has 1 amide bonds. The number of carbonyl (C=O) groups is 2. The molecule has 0 atom stereocenters. The number of hydrogen-bond acceptors (Lipinski definition) is 4. The fraction of sp³-hybridized carbons (Fsp3) is 0.857. The van der Waals surface area contributed by atoms with E-state index in [1.807, 2.05) is 0 Å². The standard InChI is InChI=1S/C14H26N2O3/c1-4-19-14(18)10-16(3)9-13(17)15-12-7-5-11(2)6-8-12/h11-12H,4-10H2,1-3H3,(H,15,17). The van der Waals surface area contributed by atoms with Gasteiger partial charge in [-0.15, -0.1) is 0 Å². The Morgan fingerprint density at radius 2 is 1.84 bits per heavy atom. The Morgan fingerprint density at radius 1 is 1.21 bits per heavy atom. The average molecular weight is 270 g/mol. The minimum atomic E-state index is -0.288. The highest BCUT2D eigenvalue weighted by molar-refractivity contribution is 5.79. The lowest BCUT2D eigenvalue weighted by atomic mass is 9.87. The summed E-state index contributed by atoms with van der Waals surface area (Å²) in [4.78, 5) is 24.8. The van der Waals surface area contributed by atoms with Crippen LogP contribution < -0.4 is 5.32 Å². The maximum absolute atomic E-state index is 11.8. The van der Waals surface area contributed by atoms with Crippen LogP contribution in [0.5, 0.6) is 0 Å². The van der Waals surface area contributed by atoms with Crippen LogP contribution in [0.1, 0.15) is 39.5 Å². The van der Waals surface area contributed by atoms with E-state index in [9.17, 15) is 9.59 Å². The normalized spacial score (nSPS) is 23.2. The van der Waals surface area contributed by atoms with Gasteiger partial charge in [-0.2, -0.15) is 0 Å². The van der Waals surface area contributed by atoms with Crippen molar-refractivity contribution in [3.8, 4) is 0 Å². The van der Waals surface area contributed by atoms with Crippen molar-refractivity contribution in [3.63, 3.8) is 0 Å². The van der Waals surface area contributed by atoms with Crippen LogP contribution in [0.4, 0.5) is 0 Å². The van der Waals surface area contributed by atoms with E-state index < -0.39 is 0 Å². The smallest absolute Gasteiger partial charge is 0.320 e. The summed E-state index contributed by atoms with van der Waals surface area (Å²) in [6, 6.07) is 0.305. The van der Waals surface area contributed by atoms with Gasteiger partial charge < -0.3 is 10.1 Å². The van der Waals surface area contributed by atoms with Gasteiger partial charge in [0, 0.05) is 6.04 Å². The summed E-state index contributed by atoms with van der Waals surface area (Å²) in [6.45, 7) is 4.80. The summed E-state index contributed by atoms with van der Waals surface area (Å²) in [5, 5.41) is 3.04. The molecule has 0 radical (unpaired) electrons. The zero-order chi connectivity index (χ0) is 14.3. The van der Waals surface area contributed by atoms with Crippen molar-refractivity contribution in [2.24, 2.45) is 5.92 Å². The molecule has 1 rings (SSSR count). The van der Waals surface area contributed by atoms with Gasteiger partial charge in [0.2, 0.25) is 5.91 Å². The zero-order valence-corrected chi connectivity index (χ0v) is 12.3. The fourth-order valence-electron chi connectivity index (χ4n) is 2.41. The Labute approximate surface area is 115 Å². The third-order valence-corrected chi connectivity index (χ3v) is 3.50. The molecular formula is C14H26N2O3. The summed E-state index contributed by atoms with van der Waals surface area (Å²) in [7, 11) is 1.75. The Hall–Kier alpha value is -1.10. The molecule has 1 aliphatic carbocycles. The summed E-state index contributed by atoms with van der Waals surface area (Å²) in [5.41, 5.74) is 0. The van der Waals surface area contributed by atoms with E-state index in [1.54, 1.807) is 18.9 Å². The quantitative estimate of drug-likeness (QED) is 0.736. The number of nitrogens with one attached hydrogen (secondary N) is 1. The molecule has 0 aliphatic heterocycles. The van der Waals surface area contributed by atoms with Crippen LogP contribution in [0.3, 0.4) is 0 Å². The van der Waals surface area contributed by atoms with E-state index in [0.717, 1.165) is 18.8 Å². The maximum Gasteiger partial charge on any atom is 0.320 e. The second kappa shape index (κ2) is 8.15. The number of likely N-dealkylation sites (N-methyl/N-ethyl adjacent to an activating group) is 1. The van der Waals surface area contributed by atoms with Crippen molar-refractivity contribution in [3.05, 3.63) is 0 Å². The second-order valence-corrected chi connectivity index (χ2v) is 5.50. The molecule has 1 aliphatic rings. The summed E-state index contributed by atoms with van der Waals surface area (Å²) in [5.74, 6) is 0.482. The minimum Gasteiger partial charge on any atom is -0.465 e. The van der Waals surface area contributed by atoms with Crippen molar-refractivity contribution in [1.82, 2.24) is 10.2 Å². The average Bonchev–Trinajstić information content (AvgIpc) is 2.32. The van der Waals surface area contributed by atoms with Crippen molar-refractivity contribution >= 4 is 11.9 Å². The molecule has 1 N–H and O–H groups in total. The molecule has 0 unspecified atom stereocenters. The van der Waals surface area contributed by atoms with E-state index in [4.69, 9.17) is 4.74 Å². The molecule has 5 nitrogen and oxygen atoms in total. The topological polar surface area (TPSA) is 58.6 Å². The Morgan fingerprint density at radius 3 is 2.42 bits per heavy atom. The molecule has 1 fully saturated rings. The minimum absolute atomic E-state index is 0.00801. The largest absolute Gasteiger partial charge is 0.465 e. The van der Waals surface area contributed by atoms with Gasteiger partial charge in [0.15, 0.2) is 0 Å².